The molecule has 8 heteroatoms. The van der Waals surface area contributed by atoms with Crippen LogP contribution in [0.3, 0.4) is 0 Å². The minimum absolute atomic E-state index is 0.145. The maximum Gasteiger partial charge on any atom is 0.319 e. The van der Waals surface area contributed by atoms with Crippen molar-refractivity contribution in [2.75, 3.05) is 40.5 Å². The van der Waals surface area contributed by atoms with Gasteiger partial charge >= 0.3 is 7.82 Å². The zero-order valence-electron chi connectivity index (χ0n) is 27.6. The quantitative estimate of drug-likeness (QED) is 0.0468. The van der Waals surface area contributed by atoms with E-state index in [9.17, 15) is 9.46 Å². The third-order valence-corrected chi connectivity index (χ3v) is 9.27. The van der Waals surface area contributed by atoms with Crippen LogP contribution in [0.1, 0.15) is 128 Å². The van der Waals surface area contributed by atoms with Gasteiger partial charge in [0, 0.05) is 13.0 Å². The number of hydrogen-bond donors (Lipinski definition) is 0. The molecule has 0 saturated carbocycles. The van der Waals surface area contributed by atoms with Crippen LogP contribution in [0, 0.1) is 0 Å². The smallest absolute Gasteiger partial charge is 0.319 e. The van der Waals surface area contributed by atoms with Gasteiger partial charge in [0.25, 0.3) is 0 Å². The first kappa shape index (κ1) is 38.0. The molecule has 248 valence electrons. The molecule has 1 aromatic rings. The lowest BCUT2D eigenvalue weighted by Crippen LogP contribution is -2.38. The second-order valence-corrected chi connectivity index (χ2v) is 14.1. The van der Waals surface area contributed by atoms with Crippen LogP contribution >= 0.6 is 7.82 Å². The molecule has 0 N–H and O–H groups in total. The predicted octanol–water partition coefficient (Wildman–Crippen LogP) is 9.06. The summed E-state index contributed by atoms with van der Waals surface area (Å²) in [5.41, 5.74) is 1.98. The van der Waals surface area contributed by atoms with Gasteiger partial charge < -0.3 is 23.4 Å². The summed E-state index contributed by atoms with van der Waals surface area (Å²) in [5.74, 6) is 0. The van der Waals surface area contributed by atoms with Crippen molar-refractivity contribution in [2.24, 2.45) is 0 Å². The Morgan fingerprint density at radius 3 is 2.07 bits per heavy atom. The first-order valence-electron chi connectivity index (χ1n) is 17.2. The fourth-order valence-electron chi connectivity index (χ4n) is 5.51. The monoisotopic (exact) mass is 623 g/mol. The summed E-state index contributed by atoms with van der Waals surface area (Å²) in [4.78, 5) is 12.6. The van der Waals surface area contributed by atoms with E-state index in [1.165, 1.54) is 83.3 Å². The number of nitrogens with zero attached hydrogens (tertiary/aromatic N) is 1. The number of likely N-dealkylation sites (tertiary alicyclic amines) is 1. The Hall–Kier alpha value is -1.21. The molecule has 0 radical (unpaired) electrons. The molecule has 2 unspecified atom stereocenters. The number of benzene rings is 1. The van der Waals surface area contributed by atoms with E-state index in [2.05, 4.69) is 21.0 Å². The summed E-state index contributed by atoms with van der Waals surface area (Å²) in [6, 6.07) is 9.83. The molecule has 0 aromatic heterocycles. The molecule has 1 heterocycles. The molecule has 0 aliphatic carbocycles. The van der Waals surface area contributed by atoms with E-state index >= 15 is 0 Å². The lowest BCUT2D eigenvalue weighted by atomic mass is 10.0. The zero-order valence-corrected chi connectivity index (χ0v) is 28.5. The summed E-state index contributed by atoms with van der Waals surface area (Å²) >= 11 is 0. The third-order valence-electron chi connectivity index (χ3n) is 8.44. The average Bonchev–Trinajstić information content (AvgIpc) is 3.16. The average molecular weight is 624 g/mol. The molecule has 1 aliphatic rings. The summed E-state index contributed by atoms with van der Waals surface area (Å²) in [7, 11) is -0.361. The van der Waals surface area contributed by atoms with E-state index in [-0.39, 0.29) is 13.2 Å². The van der Waals surface area contributed by atoms with E-state index < -0.39 is 13.9 Å². The number of quaternary nitrogens is 1. The van der Waals surface area contributed by atoms with Crippen molar-refractivity contribution in [2.45, 2.75) is 135 Å². The van der Waals surface area contributed by atoms with Crippen LogP contribution in [-0.4, -0.2) is 51.0 Å². The highest BCUT2D eigenvalue weighted by atomic mass is 31.2. The van der Waals surface area contributed by atoms with Crippen LogP contribution < -0.4 is 4.89 Å². The molecule has 2 rings (SSSR count). The fourth-order valence-corrected chi connectivity index (χ4v) is 6.17. The van der Waals surface area contributed by atoms with Crippen molar-refractivity contribution >= 4 is 7.82 Å². The number of rotatable bonds is 25. The SMILES string of the molecule is CCCCCCCCCCCCCCCCOCC(COP(=O)([O-])OC=C1CCCCC[N+]1(C)C)OCc1ccccc1. The molecule has 1 aromatic carbocycles. The van der Waals surface area contributed by atoms with Crippen molar-refractivity contribution in [3.05, 3.63) is 47.9 Å². The number of allylic oxidation sites excluding steroid dienone is 1. The minimum Gasteiger partial charge on any atom is -0.746 e. The fraction of sp³-hybridized carbons (Fsp3) is 0.771. The van der Waals surface area contributed by atoms with Crippen molar-refractivity contribution in [1.82, 2.24) is 0 Å². The van der Waals surface area contributed by atoms with Crippen LogP contribution in [0.15, 0.2) is 42.3 Å². The number of phosphoric acid groups is 1. The Labute approximate surface area is 263 Å². The minimum atomic E-state index is -4.53. The Balaban J connectivity index is 1.64. The highest BCUT2D eigenvalue weighted by molar-refractivity contribution is 7.46. The molecule has 43 heavy (non-hydrogen) atoms. The van der Waals surface area contributed by atoms with Gasteiger partial charge in [0.1, 0.15) is 18.1 Å². The van der Waals surface area contributed by atoms with E-state index in [4.69, 9.17) is 18.5 Å². The second-order valence-electron chi connectivity index (χ2n) is 12.8. The van der Waals surface area contributed by atoms with Crippen LogP contribution in [0.4, 0.5) is 0 Å². The molecule has 1 saturated heterocycles. The third kappa shape index (κ3) is 19.0. The number of hydrogen-bond acceptors (Lipinski definition) is 6. The van der Waals surface area contributed by atoms with Gasteiger partial charge in [-0.05, 0) is 31.2 Å². The normalized spacial score (nSPS) is 18.3. The first-order valence-corrected chi connectivity index (χ1v) is 18.7. The lowest BCUT2D eigenvalue weighted by molar-refractivity contribution is -0.853. The van der Waals surface area contributed by atoms with E-state index in [1.54, 1.807) is 0 Å². The highest BCUT2D eigenvalue weighted by Crippen LogP contribution is 2.40. The Morgan fingerprint density at radius 1 is 0.837 bits per heavy atom. The van der Waals surface area contributed by atoms with E-state index in [0.717, 1.165) is 56.3 Å². The number of phosphoric ester groups is 1. The van der Waals surface area contributed by atoms with Gasteiger partial charge in [0.2, 0.25) is 0 Å². The predicted molar refractivity (Wildman–Crippen MR) is 174 cm³/mol. The molecule has 1 fully saturated rings. The zero-order chi connectivity index (χ0) is 31.1. The molecule has 7 nitrogen and oxygen atoms in total. The summed E-state index contributed by atoms with van der Waals surface area (Å²) in [6.45, 7) is 4.36. The van der Waals surface area contributed by atoms with E-state index in [0.29, 0.717) is 17.7 Å². The Bertz CT molecular complexity index is 894. The standard InChI is InChI=1S/C35H62NO6P/c1-4-5-6-7-8-9-10-11-12-13-14-15-16-23-28-39-31-35(40-29-33-24-19-17-20-25-33)32-42-43(37,38)41-30-34-26-21-18-22-27-36(34,2)3/h17,19-20,24-25,30,35H,4-16,18,21-23,26-29,31-32H2,1-3H3. The van der Waals surface area contributed by atoms with Crippen LogP contribution in [0.2, 0.25) is 0 Å². The van der Waals surface area contributed by atoms with E-state index in [1.807, 2.05) is 30.3 Å². The molecule has 2 atom stereocenters. The van der Waals surface area contributed by atoms with Gasteiger partial charge in [-0.2, -0.15) is 0 Å². The van der Waals surface area contributed by atoms with Crippen LogP contribution in [-0.2, 0) is 29.7 Å². The second kappa shape index (κ2) is 23.2. The molecule has 0 amide bonds. The van der Waals surface area contributed by atoms with Crippen molar-refractivity contribution < 1.29 is 32.5 Å². The molecule has 0 bridgehead atoms. The molecular formula is C35H62NO6P. The molecule has 1 aliphatic heterocycles. The Morgan fingerprint density at radius 2 is 1.44 bits per heavy atom. The maximum atomic E-state index is 12.6. The van der Waals surface area contributed by atoms with Crippen LogP contribution in [0.25, 0.3) is 0 Å². The van der Waals surface area contributed by atoms with Gasteiger partial charge in [-0.25, -0.2) is 0 Å². The first-order chi connectivity index (χ1) is 20.8. The summed E-state index contributed by atoms with van der Waals surface area (Å²) in [5, 5.41) is 0. The largest absolute Gasteiger partial charge is 0.746 e. The van der Waals surface area contributed by atoms with Gasteiger partial charge in [-0.1, -0.05) is 121 Å². The number of ether oxygens (including phenoxy) is 2. The summed E-state index contributed by atoms with van der Waals surface area (Å²) < 4.78 is 35.6. The lowest BCUT2D eigenvalue weighted by Gasteiger charge is -2.31. The maximum absolute atomic E-state index is 12.6. The number of unbranched alkanes of at least 4 members (excludes halogenated alkanes) is 13. The van der Waals surface area contributed by atoms with Crippen molar-refractivity contribution in [3.8, 4) is 0 Å². The topological polar surface area (TPSA) is 77.1 Å². The molecular weight excluding hydrogens is 561 g/mol. The van der Waals surface area contributed by atoms with Gasteiger partial charge in [0.05, 0.1) is 40.5 Å². The van der Waals surface area contributed by atoms with Crippen LogP contribution in [0.5, 0.6) is 0 Å². The van der Waals surface area contributed by atoms with Gasteiger partial charge in [-0.15, -0.1) is 0 Å². The highest BCUT2D eigenvalue weighted by Gasteiger charge is 2.26. The Kier molecular flexibility index (Phi) is 20.5. The van der Waals surface area contributed by atoms with Gasteiger partial charge in [-0.3, -0.25) is 9.05 Å². The van der Waals surface area contributed by atoms with Crippen molar-refractivity contribution in [1.29, 1.82) is 0 Å². The summed E-state index contributed by atoms with van der Waals surface area (Å²) in [6.07, 6.45) is 23.4. The molecule has 0 spiro atoms. The van der Waals surface area contributed by atoms with Crippen molar-refractivity contribution in [3.63, 3.8) is 0 Å². The van der Waals surface area contributed by atoms with Gasteiger partial charge in [0.15, 0.2) is 0 Å².